The minimum atomic E-state index is 0.00583. The van der Waals surface area contributed by atoms with Gasteiger partial charge in [0.05, 0.1) is 10.7 Å². The SMILES string of the molecule is CC(C(=O)Nc1cc(Br)ccc1Cl)C1CNC1. The Kier molecular flexibility index (Phi) is 4.07. The number of rotatable bonds is 3. The van der Waals surface area contributed by atoms with Crippen molar-refractivity contribution in [2.45, 2.75) is 6.92 Å². The van der Waals surface area contributed by atoms with Crippen LogP contribution in [0.5, 0.6) is 0 Å². The smallest absolute Gasteiger partial charge is 0.227 e. The summed E-state index contributed by atoms with van der Waals surface area (Å²) >= 11 is 9.38. The highest BCUT2D eigenvalue weighted by molar-refractivity contribution is 9.10. The normalized spacial score (nSPS) is 17.4. The van der Waals surface area contributed by atoms with Crippen LogP contribution < -0.4 is 10.6 Å². The molecule has 1 aromatic rings. The zero-order valence-electron chi connectivity index (χ0n) is 9.47. The highest BCUT2D eigenvalue weighted by Crippen LogP contribution is 2.27. The second-order valence-electron chi connectivity index (χ2n) is 4.32. The minimum Gasteiger partial charge on any atom is -0.324 e. The second kappa shape index (κ2) is 5.38. The van der Waals surface area contributed by atoms with Crippen molar-refractivity contribution in [3.8, 4) is 0 Å². The van der Waals surface area contributed by atoms with Crippen LogP contribution in [0.4, 0.5) is 5.69 Å². The number of carbonyl (C=O) groups excluding carboxylic acids is 1. The van der Waals surface area contributed by atoms with E-state index in [-0.39, 0.29) is 11.8 Å². The molecule has 17 heavy (non-hydrogen) atoms. The van der Waals surface area contributed by atoms with E-state index >= 15 is 0 Å². The number of hydrogen-bond donors (Lipinski definition) is 2. The summed E-state index contributed by atoms with van der Waals surface area (Å²) in [5.74, 6) is 0.462. The molecule has 1 aliphatic rings. The molecule has 3 nitrogen and oxygen atoms in total. The average molecular weight is 318 g/mol. The van der Waals surface area contributed by atoms with Gasteiger partial charge in [0.2, 0.25) is 5.91 Å². The van der Waals surface area contributed by atoms with Gasteiger partial charge in [0.1, 0.15) is 0 Å². The van der Waals surface area contributed by atoms with E-state index in [1.54, 1.807) is 6.07 Å². The van der Waals surface area contributed by atoms with E-state index in [1.807, 2.05) is 19.1 Å². The van der Waals surface area contributed by atoms with Crippen LogP contribution in [-0.2, 0) is 4.79 Å². The van der Waals surface area contributed by atoms with Crippen molar-refractivity contribution in [1.82, 2.24) is 5.32 Å². The van der Waals surface area contributed by atoms with Crippen molar-refractivity contribution in [2.24, 2.45) is 11.8 Å². The Labute approximate surface area is 114 Å². The molecular formula is C12H14BrClN2O. The fourth-order valence-electron chi connectivity index (χ4n) is 1.72. The first-order valence-corrected chi connectivity index (χ1v) is 6.71. The molecule has 5 heteroatoms. The third kappa shape index (κ3) is 3.00. The first kappa shape index (κ1) is 12.9. The number of carbonyl (C=O) groups is 1. The van der Waals surface area contributed by atoms with Gasteiger partial charge >= 0.3 is 0 Å². The summed E-state index contributed by atoms with van der Waals surface area (Å²) in [4.78, 5) is 12.0. The Bertz CT molecular complexity index is 435. The van der Waals surface area contributed by atoms with E-state index in [1.165, 1.54) is 0 Å². The van der Waals surface area contributed by atoms with Crippen molar-refractivity contribution >= 4 is 39.1 Å². The molecule has 2 rings (SSSR count). The van der Waals surface area contributed by atoms with Crippen LogP contribution in [0.15, 0.2) is 22.7 Å². The van der Waals surface area contributed by atoms with Gasteiger partial charge in [0, 0.05) is 10.4 Å². The van der Waals surface area contributed by atoms with E-state index < -0.39 is 0 Å². The lowest BCUT2D eigenvalue weighted by atomic mass is 9.88. The number of nitrogens with one attached hydrogen (secondary N) is 2. The van der Waals surface area contributed by atoms with Crippen LogP contribution in [0.2, 0.25) is 5.02 Å². The molecule has 0 aliphatic carbocycles. The van der Waals surface area contributed by atoms with Crippen LogP contribution in [0.25, 0.3) is 0 Å². The van der Waals surface area contributed by atoms with Crippen molar-refractivity contribution in [1.29, 1.82) is 0 Å². The molecule has 0 saturated carbocycles. The average Bonchev–Trinajstić information content (AvgIpc) is 2.21. The highest BCUT2D eigenvalue weighted by atomic mass is 79.9. The van der Waals surface area contributed by atoms with E-state index in [4.69, 9.17) is 11.6 Å². The highest BCUT2D eigenvalue weighted by Gasteiger charge is 2.28. The van der Waals surface area contributed by atoms with Crippen LogP contribution in [0, 0.1) is 11.8 Å². The Morgan fingerprint density at radius 2 is 2.29 bits per heavy atom. The largest absolute Gasteiger partial charge is 0.324 e. The fraction of sp³-hybridized carbons (Fsp3) is 0.417. The molecule has 1 unspecified atom stereocenters. The molecule has 1 aliphatic heterocycles. The van der Waals surface area contributed by atoms with Crippen molar-refractivity contribution in [3.05, 3.63) is 27.7 Å². The lowest BCUT2D eigenvalue weighted by molar-refractivity contribution is -0.121. The zero-order chi connectivity index (χ0) is 12.4. The zero-order valence-corrected chi connectivity index (χ0v) is 11.8. The van der Waals surface area contributed by atoms with Crippen LogP contribution >= 0.6 is 27.5 Å². The maximum Gasteiger partial charge on any atom is 0.227 e. The summed E-state index contributed by atoms with van der Waals surface area (Å²) in [5.41, 5.74) is 0.658. The molecule has 92 valence electrons. The van der Waals surface area contributed by atoms with Gasteiger partial charge in [0.25, 0.3) is 0 Å². The van der Waals surface area contributed by atoms with Gasteiger partial charge in [-0.05, 0) is 37.2 Å². The third-order valence-corrected chi connectivity index (χ3v) is 3.94. The van der Waals surface area contributed by atoms with Crippen molar-refractivity contribution in [2.75, 3.05) is 18.4 Å². The Balaban J connectivity index is 2.04. The van der Waals surface area contributed by atoms with E-state index in [2.05, 4.69) is 26.6 Å². The number of amides is 1. The maximum absolute atomic E-state index is 12.0. The molecule has 1 atom stereocenters. The Morgan fingerprint density at radius 3 is 2.88 bits per heavy atom. The van der Waals surface area contributed by atoms with Gasteiger partial charge in [-0.25, -0.2) is 0 Å². The van der Waals surface area contributed by atoms with Gasteiger partial charge in [-0.2, -0.15) is 0 Å². The third-order valence-electron chi connectivity index (χ3n) is 3.12. The number of hydrogen-bond acceptors (Lipinski definition) is 2. The van der Waals surface area contributed by atoms with Crippen LogP contribution in [0.3, 0.4) is 0 Å². The summed E-state index contributed by atoms with van der Waals surface area (Å²) in [6, 6.07) is 5.42. The minimum absolute atomic E-state index is 0.00583. The predicted octanol–water partition coefficient (Wildman–Crippen LogP) is 2.90. The monoisotopic (exact) mass is 316 g/mol. The summed E-state index contributed by atoms with van der Waals surface area (Å²) in [7, 11) is 0. The number of anilines is 1. The van der Waals surface area contributed by atoms with Crippen molar-refractivity contribution < 1.29 is 4.79 Å². The summed E-state index contributed by atoms with van der Waals surface area (Å²) < 4.78 is 0.898. The van der Waals surface area contributed by atoms with Crippen molar-refractivity contribution in [3.63, 3.8) is 0 Å². The molecule has 2 N–H and O–H groups in total. The Morgan fingerprint density at radius 1 is 1.59 bits per heavy atom. The number of halogens is 2. The van der Waals surface area contributed by atoms with E-state index in [0.29, 0.717) is 16.6 Å². The molecular weight excluding hydrogens is 304 g/mol. The second-order valence-corrected chi connectivity index (χ2v) is 5.64. The molecule has 1 amide bonds. The first-order valence-electron chi connectivity index (χ1n) is 5.54. The molecule has 1 fully saturated rings. The predicted molar refractivity (Wildman–Crippen MR) is 73.3 cm³/mol. The van der Waals surface area contributed by atoms with Crippen LogP contribution in [0.1, 0.15) is 6.92 Å². The standard InChI is InChI=1S/C12H14BrClN2O/c1-7(8-5-15-6-8)12(17)16-11-4-9(13)2-3-10(11)14/h2-4,7-8,15H,5-6H2,1H3,(H,16,17). The van der Waals surface area contributed by atoms with Gasteiger partial charge in [-0.1, -0.05) is 34.5 Å². The maximum atomic E-state index is 12.0. The van der Waals surface area contributed by atoms with E-state index in [0.717, 1.165) is 17.6 Å². The molecule has 0 radical (unpaired) electrons. The molecule has 1 heterocycles. The van der Waals surface area contributed by atoms with E-state index in [9.17, 15) is 4.79 Å². The van der Waals surface area contributed by atoms with Crippen LogP contribution in [-0.4, -0.2) is 19.0 Å². The Hall–Kier alpha value is -0.580. The molecule has 1 aromatic carbocycles. The topological polar surface area (TPSA) is 41.1 Å². The van der Waals surface area contributed by atoms with Gasteiger partial charge in [-0.3, -0.25) is 4.79 Å². The van der Waals surface area contributed by atoms with Gasteiger partial charge < -0.3 is 10.6 Å². The number of benzene rings is 1. The van der Waals surface area contributed by atoms with Gasteiger partial charge in [0.15, 0.2) is 0 Å². The quantitative estimate of drug-likeness (QED) is 0.900. The molecule has 0 bridgehead atoms. The lowest BCUT2D eigenvalue weighted by Crippen LogP contribution is -2.48. The molecule has 0 aromatic heterocycles. The van der Waals surface area contributed by atoms with Gasteiger partial charge in [-0.15, -0.1) is 0 Å². The molecule has 1 saturated heterocycles. The first-order chi connectivity index (χ1) is 8.08. The summed E-state index contributed by atoms with van der Waals surface area (Å²) in [6.45, 7) is 3.79. The summed E-state index contributed by atoms with van der Waals surface area (Å²) in [6.07, 6.45) is 0. The molecule has 0 spiro atoms. The lowest BCUT2D eigenvalue weighted by Gasteiger charge is -2.31. The summed E-state index contributed by atoms with van der Waals surface area (Å²) in [5, 5.41) is 6.60. The fourth-order valence-corrected chi connectivity index (χ4v) is 2.24.